The first-order valence-electron chi connectivity index (χ1n) is 6.57. The molecule has 0 spiro atoms. The van der Waals surface area contributed by atoms with Crippen molar-refractivity contribution in [2.45, 2.75) is 26.6 Å². The van der Waals surface area contributed by atoms with E-state index in [4.69, 9.17) is 14.2 Å². The molecule has 0 unspecified atom stereocenters. The van der Waals surface area contributed by atoms with Crippen LogP contribution in [-0.4, -0.2) is 24.3 Å². The molecule has 2 rings (SSSR count). The maximum atomic E-state index is 11.8. The lowest BCUT2D eigenvalue weighted by atomic mass is 10.2. The standard InChI is InChI=1S/C15H17NO5/c1-4-19-11-7-5-6-10(8-11)16-9-12-13(17)20-15(2,3)21-14(12)18/h5-9,16H,4H2,1-3H3. The lowest BCUT2D eigenvalue weighted by Crippen LogP contribution is -2.42. The number of hydrogen-bond donors (Lipinski definition) is 1. The van der Waals surface area contributed by atoms with Crippen molar-refractivity contribution in [2.24, 2.45) is 0 Å². The lowest BCUT2D eigenvalue weighted by Gasteiger charge is -2.29. The van der Waals surface area contributed by atoms with Crippen molar-refractivity contribution in [3.05, 3.63) is 36.0 Å². The number of hydrogen-bond acceptors (Lipinski definition) is 6. The molecular weight excluding hydrogens is 274 g/mol. The minimum Gasteiger partial charge on any atom is -0.494 e. The molecule has 1 saturated heterocycles. The Bertz CT molecular complexity index is 569. The van der Waals surface area contributed by atoms with Crippen LogP contribution in [0, 0.1) is 0 Å². The van der Waals surface area contributed by atoms with E-state index in [1.165, 1.54) is 20.0 Å². The van der Waals surface area contributed by atoms with E-state index in [-0.39, 0.29) is 5.57 Å². The van der Waals surface area contributed by atoms with E-state index in [1.807, 2.05) is 13.0 Å². The average Bonchev–Trinajstić information content (AvgIpc) is 2.37. The number of carbonyl (C=O) groups is 2. The fourth-order valence-corrected chi connectivity index (χ4v) is 1.78. The monoisotopic (exact) mass is 291 g/mol. The molecule has 1 aromatic rings. The first kappa shape index (κ1) is 14.9. The van der Waals surface area contributed by atoms with Gasteiger partial charge in [0.15, 0.2) is 5.57 Å². The number of carbonyl (C=O) groups excluding carboxylic acids is 2. The maximum absolute atomic E-state index is 11.8. The second-order valence-electron chi connectivity index (χ2n) is 4.84. The Balaban J connectivity index is 2.12. The van der Waals surface area contributed by atoms with Gasteiger partial charge in [0, 0.05) is 31.8 Å². The van der Waals surface area contributed by atoms with Gasteiger partial charge in [-0.15, -0.1) is 0 Å². The summed E-state index contributed by atoms with van der Waals surface area (Å²) in [5, 5.41) is 2.86. The van der Waals surface area contributed by atoms with Gasteiger partial charge in [-0.25, -0.2) is 9.59 Å². The fraction of sp³-hybridized carbons (Fsp3) is 0.333. The third-order valence-electron chi connectivity index (χ3n) is 2.65. The van der Waals surface area contributed by atoms with Crippen molar-refractivity contribution >= 4 is 17.6 Å². The summed E-state index contributed by atoms with van der Waals surface area (Å²) in [4.78, 5) is 23.5. The molecule has 0 saturated carbocycles. The zero-order valence-electron chi connectivity index (χ0n) is 12.1. The highest BCUT2D eigenvalue weighted by atomic mass is 16.7. The van der Waals surface area contributed by atoms with Crippen LogP contribution >= 0.6 is 0 Å². The summed E-state index contributed by atoms with van der Waals surface area (Å²) in [6.07, 6.45) is 1.27. The predicted octanol–water partition coefficient (Wildman–Crippen LogP) is 2.22. The molecular formula is C15H17NO5. The van der Waals surface area contributed by atoms with Crippen LogP contribution in [0.1, 0.15) is 20.8 Å². The number of anilines is 1. The molecule has 0 atom stereocenters. The van der Waals surface area contributed by atoms with E-state index in [1.54, 1.807) is 18.2 Å². The summed E-state index contributed by atoms with van der Waals surface area (Å²) in [6.45, 7) is 5.44. The molecule has 21 heavy (non-hydrogen) atoms. The molecule has 1 heterocycles. The second-order valence-corrected chi connectivity index (χ2v) is 4.84. The Morgan fingerprint density at radius 2 is 1.90 bits per heavy atom. The summed E-state index contributed by atoms with van der Waals surface area (Å²) >= 11 is 0. The Morgan fingerprint density at radius 3 is 2.52 bits per heavy atom. The molecule has 0 bridgehead atoms. The first-order chi connectivity index (χ1) is 9.91. The summed E-state index contributed by atoms with van der Waals surface area (Å²) in [5.74, 6) is -1.98. The Labute approximate surface area is 122 Å². The van der Waals surface area contributed by atoms with Crippen LogP contribution in [0.4, 0.5) is 5.69 Å². The minimum atomic E-state index is -1.24. The predicted molar refractivity (Wildman–Crippen MR) is 75.6 cm³/mol. The molecule has 6 nitrogen and oxygen atoms in total. The number of ether oxygens (including phenoxy) is 3. The third-order valence-corrected chi connectivity index (χ3v) is 2.65. The summed E-state index contributed by atoms with van der Waals surface area (Å²) < 4.78 is 15.3. The molecule has 0 aliphatic carbocycles. The number of esters is 2. The number of cyclic esters (lactones) is 2. The summed E-state index contributed by atoms with van der Waals surface area (Å²) in [5.41, 5.74) is 0.495. The normalized spacial score (nSPS) is 16.8. The van der Waals surface area contributed by atoms with Gasteiger partial charge in [-0.3, -0.25) is 0 Å². The van der Waals surface area contributed by atoms with Crippen LogP contribution < -0.4 is 10.1 Å². The molecule has 1 fully saturated rings. The van der Waals surface area contributed by atoms with Gasteiger partial charge in [0.25, 0.3) is 5.79 Å². The van der Waals surface area contributed by atoms with Gasteiger partial charge in [-0.2, -0.15) is 0 Å². The van der Waals surface area contributed by atoms with Crippen LogP contribution in [0.25, 0.3) is 0 Å². The largest absolute Gasteiger partial charge is 0.494 e. The number of rotatable bonds is 4. The zero-order valence-corrected chi connectivity index (χ0v) is 12.1. The average molecular weight is 291 g/mol. The number of benzene rings is 1. The highest BCUT2D eigenvalue weighted by Gasteiger charge is 2.38. The minimum absolute atomic E-state index is 0.184. The first-order valence-corrected chi connectivity index (χ1v) is 6.57. The van der Waals surface area contributed by atoms with Gasteiger partial charge in [-0.1, -0.05) is 6.07 Å². The molecule has 112 valence electrons. The highest BCUT2D eigenvalue weighted by Crippen LogP contribution is 2.23. The SMILES string of the molecule is CCOc1cccc(NC=C2C(=O)OC(C)(C)OC2=O)c1. The van der Waals surface area contributed by atoms with E-state index in [9.17, 15) is 9.59 Å². The molecule has 0 aromatic heterocycles. The van der Waals surface area contributed by atoms with Crippen LogP contribution in [-0.2, 0) is 19.1 Å². The molecule has 1 N–H and O–H groups in total. The van der Waals surface area contributed by atoms with Crippen molar-refractivity contribution in [3.8, 4) is 5.75 Å². The molecule has 6 heteroatoms. The van der Waals surface area contributed by atoms with Gasteiger partial charge < -0.3 is 19.5 Å². The van der Waals surface area contributed by atoms with Gasteiger partial charge >= 0.3 is 11.9 Å². The van der Waals surface area contributed by atoms with Crippen LogP contribution in [0.3, 0.4) is 0 Å². The fourth-order valence-electron chi connectivity index (χ4n) is 1.78. The van der Waals surface area contributed by atoms with Crippen LogP contribution in [0.15, 0.2) is 36.0 Å². The quantitative estimate of drug-likeness (QED) is 0.521. The Hall–Kier alpha value is -2.50. The van der Waals surface area contributed by atoms with E-state index < -0.39 is 17.7 Å². The molecule has 1 aromatic carbocycles. The summed E-state index contributed by atoms with van der Waals surface area (Å²) in [7, 11) is 0. The van der Waals surface area contributed by atoms with Crippen LogP contribution in [0.2, 0.25) is 0 Å². The van der Waals surface area contributed by atoms with Gasteiger partial charge in [0.2, 0.25) is 0 Å². The lowest BCUT2D eigenvalue weighted by molar-refractivity contribution is -0.222. The molecule has 0 amide bonds. The smallest absolute Gasteiger partial charge is 0.350 e. The topological polar surface area (TPSA) is 73.9 Å². The van der Waals surface area contributed by atoms with E-state index in [2.05, 4.69) is 5.32 Å². The van der Waals surface area contributed by atoms with E-state index in [0.717, 1.165) is 0 Å². The number of nitrogens with one attached hydrogen (secondary N) is 1. The molecule has 1 aliphatic rings. The van der Waals surface area contributed by atoms with Crippen molar-refractivity contribution < 1.29 is 23.8 Å². The van der Waals surface area contributed by atoms with E-state index >= 15 is 0 Å². The van der Waals surface area contributed by atoms with Gasteiger partial charge in [0.1, 0.15) is 5.75 Å². The molecule has 1 aliphatic heterocycles. The molecule has 0 radical (unpaired) electrons. The highest BCUT2D eigenvalue weighted by molar-refractivity contribution is 6.15. The van der Waals surface area contributed by atoms with Crippen molar-refractivity contribution in [2.75, 3.05) is 11.9 Å². The Morgan fingerprint density at radius 1 is 1.24 bits per heavy atom. The van der Waals surface area contributed by atoms with Crippen molar-refractivity contribution in [1.82, 2.24) is 0 Å². The van der Waals surface area contributed by atoms with Gasteiger partial charge in [-0.05, 0) is 19.1 Å². The summed E-state index contributed by atoms with van der Waals surface area (Å²) in [6, 6.07) is 7.15. The van der Waals surface area contributed by atoms with Gasteiger partial charge in [0.05, 0.1) is 6.61 Å². The third kappa shape index (κ3) is 3.75. The van der Waals surface area contributed by atoms with Crippen molar-refractivity contribution in [1.29, 1.82) is 0 Å². The van der Waals surface area contributed by atoms with Crippen LogP contribution in [0.5, 0.6) is 5.75 Å². The van der Waals surface area contributed by atoms with E-state index in [0.29, 0.717) is 18.0 Å². The zero-order chi connectivity index (χ0) is 15.5. The second kappa shape index (κ2) is 5.87. The van der Waals surface area contributed by atoms with Crippen molar-refractivity contribution in [3.63, 3.8) is 0 Å². The maximum Gasteiger partial charge on any atom is 0.350 e. The Kier molecular flexibility index (Phi) is 4.16.